The number of carbonyl (C=O) groups excluding carboxylic acids is 3. The number of hydrogen-bond donors (Lipinski definition) is 1. The topological polar surface area (TPSA) is 72.5 Å². The van der Waals surface area contributed by atoms with Crippen molar-refractivity contribution in [3.05, 3.63) is 89.4 Å². The number of esters is 1. The molecule has 3 rings (SSSR count). The van der Waals surface area contributed by atoms with E-state index >= 15 is 0 Å². The first-order valence-corrected chi connectivity index (χ1v) is 11.2. The summed E-state index contributed by atoms with van der Waals surface area (Å²) < 4.78 is 5.17. The molecule has 0 bridgehead atoms. The number of carbonyl (C=O) groups is 3. The normalized spacial score (nSPS) is 11.4. The van der Waals surface area contributed by atoms with Crippen LogP contribution in [0.15, 0.2) is 88.7 Å². The third-order valence-corrected chi connectivity index (χ3v) is 5.71. The summed E-state index contributed by atoms with van der Waals surface area (Å²) in [6.07, 6.45) is -1.13. The van der Waals surface area contributed by atoms with Crippen LogP contribution in [0.3, 0.4) is 0 Å². The Balaban J connectivity index is 1.43. The van der Waals surface area contributed by atoms with Gasteiger partial charge in [0, 0.05) is 32.5 Å². The average molecular weight is 468 g/mol. The molecule has 0 saturated heterocycles. The smallest absolute Gasteiger partial charge is 0.307 e. The molecule has 0 fully saturated rings. The van der Waals surface area contributed by atoms with E-state index < -0.39 is 12.1 Å². The Morgan fingerprint density at radius 1 is 0.906 bits per heavy atom. The second kappa shape index (κ2) is 11.5. The third-order valence-electron chi connectivity index (χ3n) is 4.46. The van der Waals surface area contributed by atoms with Gasteiger partial charge in [0.25, 0.3) is 0 Å². The van der Waals surface area contributed by atoms with Crippen LogP contribution >= 0.6 is 23.4 Å². The highest BCUT2D eigenvalue weighted by atomic mass is 35.5. The van der Waals surface area contributed by atoms with Crippen molar-refractivity contribution in [3.8, 4) is 0 Å². The Kier molecular flexibility index (Phi) is 8.48. The Morgan fingerprint density at radius 2 is 1.59 bits per heavy atom. The van der Waals surface area contributed by atoms with E-state index in [0.717, 1.165) is 9.79 Å². The van der Waals surface area contributed by atoms with E-state index in [2.05, 4.69) is 5.32 Å². The SMILES string of the molecule is CC(OC(=O)CCC(=O)Nc1ccc(Sc2ccccc2)cc1)C(=O)c1cccc(Cl)c1. The second-order valence-corrected chi connectivity index (χ2v) is 8.58. The molecule has 1 N–H and O–H groups in total. The Hall–Kier alpha value is -3.09. The Morgan fingerprint density at radius 3 is 2.28 bits per heavy atom. The quantitative estimate of drug-likeness (QED) is 0.307. The van der Waals surface area contributed by atoms with Crippen molar-refractivity contribution in [2.24, 2.45) is 0 Å². The minimum absolute atomic E-state index is 0.0442. The Bertz CT molecular complexity index is 1090. The fourth-order valence-electron chi connectivity index (χ4n) is 2.86. The number of hydrogen-bond acceptors (Lipinski definition) is 5. The first-order valence-electron chi connectivity index (χ1n) is 10.0. The zero-order chi connectivity index (χ0) is 22.9. The molecule has 0 aliphatic rings. The monoisotopic (exact) mass is 467 g/mol. The number of nitrogens with one attached hydrogen (secondary N) is 1. The van der Waals surface area contributed by atoms with Crippen molar-refractivity contribution >= 4 is 46.7 Å². The van der Waals surface area contributed by atoms with Crippen LogP contribution in [0.4, 0.5) is 5.69 Å². The number of amides is 1. The summed E-state index contributed by atoms with van der Waals surface area (Å²) in [5.41, 5.74) is 1.01. The molecule has 0 radical (unpaired) electrons. The van der Waals surface area contributed by atoms with Gasteiger partial charge in [-0.15, -0.1) is 0 Å². The summed E-state index contributed by atoms with van der Waals surface area (Å²) in [5, 5.41) is 3.19. The molecule has 7 heteroatoms. The zero-order valence-corrected chi connectivity index (χ0v) is 19.0. The second-order valence-electron chi connectivity index (χ2n) is 6.99. The van der Waals surface area contributed by atoms with Crippen LogP contribution in [0, 0.1) is 0 Å². The lowest BCUT2D eigenvalue weighted by molar-refractivity contribution is -0.147. The predicted molar refractivity (Wildman–Crippen MR) is 126 cm³/mol. The van der Waals surface area contributed by atoms with Crippen molar-refractivity contribution in [1.82, 2.24) is 0 Å². The maximum atomic E-state index is 12.3. The molecular weight excluding hydrogens is 446 g/mol. The van der Waals surface area contributed by atoms with Gasteiger partial charge in [0.2, 0.25) is 11.7 Å². The fourth-order valence-corrected chi connectivity index (χ4v) is 3.88. The molecule has 0 spiro atoms. The molecule has 0 aliphatic carbocycles. The highest BCUT2D eigenvalue weighted by Crippen LogP contribution is 2.28. The predicted octanol–water partition coefficient (Wildman–Crippen LogP) is 6.02. The van der Waals surface area contributed by atoms with E-state index in [1.165, 1.54) is 13.0 Å². The average Bonchev–Trinajstić information content (AvgIpc) is 2.79. The van der Waals surface area contributed by atoms with E-state index in [1.807, 2.05) is 54.6 Å². The van der Waals surface area contributed by atoms with Gasteiger partial charge >= 0.3 is 5.97 Å². The van der Waals surface area contributed by atoms with Gasteiger partial charge in [-0.3, -0.25) is 14.4 Å². The van der Waals surface area contributed by atoms with E-state index in [9.17, 15) is 14.4 Å². The molecule has 164 valence electrons. The standard InChI is InChI=1S/C25H22ClNO4S/c1-17(25(30)18-6-5-7-19(26)16-18)31-24(29)15-14-23(28)27-20-10-12-22(13-11-20)32-21-8-3-2-4-9-21/h2-13,16-17H,14-15H2,1H3,(H,27,28). The summed E-state index contributed by atoms with van der Waals surface area (Å²) in [6, 6.07) is 23.9. The Labute approximate surface area is 196 Å². The van der Waals surface area contributed by atoms with Gasteiger partial charge in [-0.05, 0) is 55.5 Å². The molecule has 0 aromatic heterocycles. The molecule has 1 amide bonds. The number of anilines is 1. The molecule has 3 aromatic carbocycles. The first kappa shape index (κ1) is 23.6. The van der Waals surface area contributed by atoms with Gasteiger partial charge in [0.1, 0.15) is 0 Å². The third kappa shape index (κ3) is 7.25. The van der Waals surface area contributed by atoms with Crippen LogP contribution < -0.4 is 5.32 Å². The summed E-state index contributed by atoms with van der Waals surface area (Å²) in [5.74, 6) is -1.27. The van der Waals surface area contributed by atoms with Crippen LogP contribution in [0.25, 0.3) is 0 Å². The molecule has 1 unspecified atom stereocenters. The maximum Gasteiger partial charge on any atom is 0.307 e. The number of halogens is 1. The lowest BCUT2D eigenvalue weighted by Gasteiger charge is -2.12. The van der Waals surface area contributed by atoms with E-state index in [4.69, 9.17) is 16.3 Å². The van der Waals surface area contributed by atoms with Crippen LogP contribution in [-0.4, -0.2) is 23.8 Å². The molecule has 0 aliphatic heterocycles. The van der Waals surface area contributed by atoms with Gasteiger partial charge in [-0.25, -0.2) is 0 Å². The molecular formula is C25H22ClNO4S. The minimum Gasteiger partial charge on any atom is -0.454 e. The largest absolute Gasteiger partial charge is 0.454 e. The van der Waals surface area contributed by atoms with E-state index in [-0.39, 0.29) is 24.5 Å². The molecule has 1 atom stereocenters. The van der Waals surface area contributed by atoms with Crippen LogP contribution in [0.5, 0.6) is 0 Å². The summed E-state index contributed by atoms with van der Waals surface area (Å²) in [4.78, 5) is 38.7. The number of Topliss-reactive ketones (excluding diaryl/α,β-unsaturated/α-hetero) is 1. The van der Waals surface area contributed by atoms with Gasteiger partial charge in [0.05, 0.1) is 6.42 Å². The molecule has 0 heterocycles. The summed E-state index contributed by atoms with van der Waals surface area (Å²) in [7, 11) is 0. The summed E-state index contributed by atoms with van der Waals surface area (Å²) in [6.45, 7) is 1.50. The highest BCUT2D eigenvalue weighted by Gasteiger charge is 2.20. The van der Waals surface area contributed by atoms with Gasteiger partial charge in [-0.1, -0.05) is 53.7 Å². The van der Waals surface area contributed by atoms with Gasteiger partial charge < -0.3 is 10.1 Å². The number of ether oxygens (including phenoxy) is 1. The van der Waals surface area contributed by atoms with Gasteiger partial charge in [0.15, 0.2) is 6.10 Å². The number of ketones is 1. The maximum absolute atomic E-state index is 12.3. The van der Waals surface area contributed by atoms with Crippen molar-refractivity contribution in [3.63, 3.8) is 0 Å². The molecule has 5 nitrogen and oxygen atoms in total. The fraction of sp³-hybridized carbons (Fsp3) is 0.160. The van der Waals surface area contributed by atoms with Crippen molar-refractivity contribution in [1.29, 1.82) is 0 Å². The van der Waals surface area contributed by atoms with E-state index in [1.54, 1.807) is 30.0 Å². The van der Waals surface area contributed by atoms with Crippen molar-refractivity contribution in [2.75, 3.05) is 5.32 Å². The minimum atomic E-state index is -0.960. The highest BCUT2D eigenvalue weighted by molar-refractivity contribution is 7.99. The number of rotatable bonds is 9. The zero-order valence-electron chi connectivity index (χ0n) is 17.4. The van der Waals surface area contributed by atoms with Crippen molar-refractivity contribution in [2.45, 2.75) is 35.7 Å². The van der Waals surface area contributed by atoms with Gasteiger partial charge in [-0.2, -0.15) is 0 Å². The van der Waals surface area contributed by atoms with Crippen LogP contribution in [-0.2, 0) is 14.3 Å². The van der Waals surface area contributed by atoms with Crippen molar-refractivity contribution < 1.29 is 19.1 Å². The lowest BCUT2D eigenvalue weighted by atomic mass is 10.1. The number of benzene rings is 3. The van der Waals surface area contributed by atoms with Crippen LogP contribution in [0.1, 0.15) is 30.1 Å². The van der Waals surface area contributed by atoms with E-state index in [0.29, 0.717) is 16.3 Å². The van der Waals surface area contributed by atoms with Crippen LogP contribution in [0.2, 0.25) is 5.02 Å². The summed E-state index contributed by atoms with van der Waals surface area (Å²) >= 11 is 7.52. The molecule has 32 heavy (non-hydrogen) atoms. The molecule has 0 saturated carbocycles. The molecule has 3 aromatic rings. The lowest BCUT2D eigenvalue weighted by Crippen LogP contribution is -2.25. The first-order chi connectivity index (χ1) is 15.4.